The number of benzene rings is 3. The van der Waals surface area contributed by atoms with Gasteiger partial charge in [-0.25, -0.2) is 8.42 Å². The van der Waals surface area contributed by atoms with E-state index in [-0.39, 0.29) is 22.3 Å². The number of anilines is 2. The van der Waals surface area contributed by atoms with Gasteiger partial charge >= 0.3 is 0 Å². The van der Waals surface area contributed by atoms with Gasteiger partial charge in [0.05, 0.1) is 15.6 Å². The minimum absolute atomic E-state index is 0.0577. The Hall–Kier alpha value is -3.43. The maximum atomic E-state index is 13.2. The molecule has 2 heterocycles. The highest BCUT2D eigenvalue weighted by Gasteiger charge is 2.31. The lowest BCUT2D eigenvalue weighted by Gasteiger charge is -2.20. The third-order valence-electron chi connectivity index (χ3n) is 5.52. The van der Waals surface area contributed by atoms with Gasteiger partial charge in [-0.1, -0.05) is 29.8 Å². The third-order valence-corrected chi connectivity index (χ3v) is 7.63. The van der Waals surface area contributed by atoms with E-state index in [9.17, 15) is 13.2 Å². The van der Waals surface area contributed by atoms with Crippen LogP contribution in [0, 0.1) is 0 Å². The van der Waals surface area contributed by atoms with Gasteiger partial charge in [0, 0.05) is 18.3 Å². The summed E-state index contributed by atoms with van der Waals surface area (Å²) < 4.78 is 44.2. The average Bonchev–Trinajstić information content (AvgIpc) is 3.28. The number of ether oxygens (including phenoxy) is 3. The fraction of sp³-hybridized carbons (Fsp3) is 0.208. The number of rotatable bonds is 6. The fourth-order valence-electron chi connectivity index (χ4n) is 3.91. The van der Waals surface area contributed by atoms with Gasteiger partial charge in [0.25, 0.3) is 15.9 Å². The molecule has 0 saturated heterocycles. The summed E-state index contributed by atoms with van der Waals surface area (Å²) in [6.45, 7) is 0.998. The zero-order valence-corrected chi connectivity index (χ0v) is 19.6. The molecule has 0 unspecified atom stereocenters. The lowest BCUT2D eigenvalue weighted by atomic mass is 10.2. The van der Waals surface area contributed by atoms with Crippen molar-refractivity contribution in [3.05, 3.63) is 71.2 Å². The number of halogens is 1. The zero-order chi connectivity index (χ0) is 23.7. The molecule has 3 aromatic carbocycles. The Balaban J connectivity index is 1.24. The first-order valence-corrected chi connectivity index (χ1v) is 12.5. The number of nitrogens with zero attached hydrogens (tertiary/aromatic N) is 1. The summed E-state index contributed by atoms with van der Waals surface area (Å²) in [5.41, 5.74) is 2.20. The highest BCUT2D eigenvalue weighted by Crippen LogP contribution is 2.35. The molecule has 1 N–H and O–H groups in total. The topological polar surface area (TPSA) is 94.2 Å². The second-order valence-electron chi connectivity index (χ2n) is 7.74. The standard InChI is InChI=1S/C24H21ClN2O6S/c25-19-14-18(34(29,30)27-10-9-16-3-1-2-4-20(16)27)6-8-21(19)33-15-24(28)26-17-5-7-22-23(13-17)32-12-11-31-22/h1-8,13-14H,9-12,15H2,(H,26,28). The van der Waals surface area contributed by atoms with Gasteiger partial charge < -0.3 is 19.5 Å². The van der Waals surface area contributed by atoms with Gasteiger partial charge in [0.15, 0.2) is 18.1 Å². The van der Waals surface area contributed by atoms with Crippen LogP contribution in [0.5, 0.6) is 17.2 Å². The lowest BCUT2D eigenvalue weighted by molar-refractivity contribution is -0.118. The molecule has 0 bridgehead atoms. The van der Waals surface area contributed by atoms with E-state index in [2.05, 4.69) is 5.32 Å². The Morgan fingerprint density at radius 3 is 2.65 bits per heavy atom. The largest absolute Gasteiger partial charge is 0.486 e. The number of hydrogen-bond acceptors (Lipinski definition) is 6. The van der Waals surface area contributed by atoms with E-state index in [0.29, 0.717) is 49.1 Å². The Bertz CT molecular complexity index is 1360. The Kier molecular flexibility index (Phi) is 5.97. The number of sulfonamides is 1. The van der Waals surface area contributed by atoms with Crippen molar-refractivity contribution >= 4 is 38.9 Å². The molecule has 2 aliphatic heterocycles. The summed E-state index contributed by atoms with van der Waals surface area (Å²) >= 11 is 6.30. The predicted molar refractivity (Wildman–Crippen MR) is 128 cm³/mol. The van der Waals surface area contributed by atoms with Crippen molar-refractivity contribution in [1.82, 2.24) is 0 Å². The highest BCUT2D eigenvalue weighted by atomic mass is 35.5. The van der Waals surface area contributed by atoms with E-state index >= 15 is 0 Å². The highest BCUT2D eigenvalue weighted by molar-refractivity contribution is 7.92. The van der Waals surface area contributed by atoms with Crippen LogP contribution in [0.1, 0.15) is 5.56 Å². The molecular weight excluding hydrogens is 480 g/mol. The first-order chi connectivity index (χ1) is 16.4. The number of nitrogens with one attached hydrogen (secondary N) is 1. The first kappa shape index (κ1) is 22.4. The predicted octanol–water partition coefficient (Wildman–Crippen LogP) is 3.88. The van der Waals surface area contributed by atoms with Gasteiger partial charge in [0.2, 0.25) is 0 Å². The van der Waals surface area contributed by atoms with Crippen LogP contribution in [0.2, 0.25) is 5.02 Å². The Labute approximate surface area is 202 Å². The Morgan fingerprint density at radius 2 is 1.82 bits per heavy atom. The SMILES string of the molecule is O=C(COc1ccc(S(=O)(=O)N2CCc3ccccc32)cc1Cl)Nc1ccc2c(c1)OCCO2. The van der Waals surface area contributed by atoms with Crippen molar-refractivity contribution in [3.8, 4) is 17.2 Å². The number of para-hydroxylation sites is 1. The molecule has 0 spiro atoms. The van der Waals surface area contributed by atoms with Crippen molar-refractivity contribution < 1.29 is 27.4 Å². The molecule has 10 heteroatoms. The second kappa shape index (κ2) is 9.08. The number of hydrogen-bond donors (Lipinski definition) is 1. The van der Waals surface area contributed by atoms with Crippen LogP contribution in [0.15, 0.2) is 65.6 Å². The van der Waals surface area contributed by atoms with E-state index in [0.717, 1.165) is 5.56 Å². The molecule has 0 aromatic heterocycles. The van der Waals surface area contributed by atoms with Crippen molar-refractivity contribution in [1.29, 1.82) is 0 Å². The molecule has 0 radical (unpaired) electrons. The van der Waals surface area contributed by atoms with E-state index in [1.165, 1.54) is 22.5 Å². The van der Waals surface area contributed by atoms with Crippen molar-refractivity contribution in [2.24, 2.45) is 0 Å². The first-order valence-electron chi connectivity index (χ1n) is 10.6. The monoisotopic (exact) mass is 500 g/mol. The summed E-state index contributed by atoms with van der Waals surface area (Å²) in [6, 6.07) is 16.7. The number of fused-ring (bicyclic) bond motifs is 2. The van der Waals surface area contributed by atoms with Crippen LogP contribution in [-0.2, 0) is 21.2 Å². The molecule has 5 rings (SSSR count). The molecule has 0 fully saturated rings. The van der Waals surface area contributed by atoms with E-state index in [1.54, 1.807) is 24.3 Å². The van der Waals surface area contributed by atoms with Gasteiger partial charge in [0.1, 0.15) is 19.0 Å². The molecular formula is C24H21ClN2O6S. The van der Waals surface area contributed by atoms with Gasteiger partial charge in [-0.2, -0.15) is 0 Å². The van der Waals surface area contributed by atoms with E-state index in [1.807, 2.05) is 18.2 Å². The number of carbonyl (C=O) groups excluding carboxylic acids is 1. The second-order valence-corrected chi connectivity index (χ2v) is 10.0. The zero-order valence-electron chi connectivity index (χ0n) is 18.0. The summed E-state index contributed by atoms with van der Waals surface area (Å²) in [5.74, 6) is 0.989. The van der Waals surface area contributed by atoms with Crippen LogP contribution < -0.4 is 23.8 Å². The molecule has 3 aromatic rings. The number of carbonyl (C=O) groups is 1. The van der Waals surface area contributed by atoms with Crippen LogP contribution in [0.25, 0.3) is 0 Å². The third kappa shape index (κ3) is 4.36. The minimum Gasteiger partial charge on any atom is -0.486 e. The molecule has 0 saturated carbocycles. The van der Waals surface area contributed by atoms with Gasteiger partial charge in [-0.15, -0.1) is 0 Å². The maximum Gasteiger partial charge on any atom is 0.264 e. The van der Waals surface area contributed by atoms with Crippen LogP contribution in [-0.4, -0.2) is 40.7 Å². The number of amides is 1. The minimum atomic E-state index is -3.78. The molecule has 2 aliphatic rings. The van der Waals surface area contributed by atoms with Crippen molar-refractivity contribution in [2.75, 3.05) is 36.0 Å². The van der Waals surface area contributed by atoms with E-state index in [4.69, 9.17) is 25.8 Å². The van der Waals surface area contributed by atoms with E-state index < -0.39 is 15.9 Å². The van der Waals surface area contributed by atoms with Crippen molar-refractivity contribution in [3.63, 3.8) is 0 Å². The smallest absolute Gasteiger partial charge is 0.264 e. The summed E-state index contributed by atoms with van der Waals surface area (Å²) in [4.78, 5) is 12.4. The summed E-state index contributed by atoms with van der Waals surface area (Å²) in [7, 11) is -3.78. The van der Waals surface area contributed by atoms with Gasteiger partial charge in [-0.05, 0) is 48.4 Å². The molecule has 0 atom stereocenters. The van der Waals surface area contributed by atoms with Crippen LogP contribution >= 0.6 is 11.6 Å². The molecule has 176 valence electrons. The van der Waals surface area contributed by atoms with Gasteiger partial charge in [-0.3, -0.25) is 9.10 Å². The molecule has 0 aliphatic carbocycles. The van der Waals surface area contributed by atoms with Crippen LogP contribution in [0.3, 0.4) is 0 Å². The average molecular weight is 501 g/mol. The lowest BCUT2D eigenvalue weighted by Crippen LogP contribution is -2.29. The maximum absolute atomic E-state index is 13.2. The Morgan fingerprint density at radius 1 is 1.03 bits per heavy atom. The fourth-order valence-corrected chi connectivity index (χ4v) is 5.74. The normalized spacial score (nSPS) is 14.4. The van der Waals surface area contributed by atoms with Crippen LogP contribution in [0.4, 0.5) is 11.4 Å². The quantitative estimate of drug-likeness (QED) is 0.552. The summed E-state index contributed by atoms with van der Waals surface area (Å²) in [6.07, 6.45) is 0.656. The molecule has 8 nitrogen and oxygen atoms in total. The van der Waals surface area contributed by atoms with Crippen molar-refractivity contribution in [2.45, 2.75) is 11.3 Å². The summed E-state index contributed by atoms with van der Waals surface area (Å²) in [5, 5.41) is 2.82. The molecule has 1 amide bonds. The molecule has 34 heavy (non-hydrogen) atoms.